The second-order valence-corrected chi connectivity index (χ2v) is 2.67. The van der Waals surface area contributed by atoms with Crippen LogP contribution in [0.2, 0.25) is 0 Å². The van der Waals surface area contributed by atoms with Gasteiger partial charge in [0, 0.05) is 0 Å². The van der Waals surface area contributed by atoms with Crippen molar-refractivity contribution in [3.63, 3.8) is 0 Å². The fourth-order valence-electron chi connectivity index (χ4n) is 0.534. The highest BCUT2D eigenvalue weighted by molar-refractivity contribution is 5.71. The van der Waals surface area contributed by atoms with Crippen molar-refractivity contribution in [3.8, 4) is 0 Å². The Balaban J connectivity index is -0.0000000767. The number of aliphatic hydroxyl groups excluding tert-OH is 1. The fraction of sp³-hybridized carbons (Fsp3) is 0.300. The van der Waals surface area contributed by atoms with Crippen LogP contribution in [0.1, 0.15) is 12.5 Å². The Kier molecular flexibility index (Phi) is 20.1. The monoisotopic (exact) mass is 242 g/mol. The van der Waals surface area contributed by atoms with E-state index in [1.807, 2.05) is 18.2 Å². The largest absolute Gasteiger partial charge is 0.479 e. The highest BCUT2D eigenvalue weighted by Crippen LogP contribution is 1.92. The number of halogens is 3. The molecule has 1 unspecified atom stereocenters. The molecule has 0 fully saturated rings. The number of carbonyl (C=O) groups is 1. The van der Waals surface area contributed by atoms with Crippen LogP contribution >= 0.6 is 0 Å². The SMILES string of the molecule is CC(O)C(=O)O.Cc1ccccc1.F.F.F. The van der Waals surface area contributed by atoms with Crippen LogP contribution in [-0.2, 0) is 4.79 Å². The zero-order chi connectivity index (χ0) is 10.3. The maximum Gasteiger partial charge on any atom is 0.332 e. The molecule has 2 N–H and O–H groups in total. The summed E-state index contributed by atoms with van der Waals surface area (Å²) in [6.07, 6.45) is -1.23. The number of benzene rings is 1. The molecule has 6 heteroatoms. The van der Waals surface area contributed by atoms with Gasteiger partial charge in [0.1, 0.15) is 6.10 Å². The summed E-state index contributed by atoms with van der Waals surface area (Å²) < 4.78 is 0. The quantitative estimate of drug-likeness (QED) is 0.790. The van der Waals surface area contributed by atoms with Gasteiger partial charge in [0.2, 0.25) is 0 Å². The molecule has 0 aliphatic carbocycles. The molecule has 3 nitrogen and oxygen atoms in total. The minimum atomic E-state index is -1.23. The lowest BCUT2D eigenvalue weighted by Crippen LogP contribution is -2.13. The molecule has 96 valence electrons. The van der Waals surface area contributed by atoms with Crippen LogP contribution in [0.5, 0.6) is 0 Å². The van der Waals surface area contributed by atoms with Crippen LogP contribution in [0.4, 0.5) is 14.1 Å². The molecule has 0 amide bonds. The Morgan fingerprint density at radius 1 is 1.12 bits per heavy atom. The summed E-state index contributed by atoms with van der Waals surface area (Å²) in [6.45, 7) is 3.28. The molecular weight excluding hydrogens is 225 g/mol. The summed E-state index contributed by atoms with van der Waals surface area (Å²) >= 11 is 0. The number of rotatable bonds is 1. The zero-order valence-electron chi connectivity index (χ0n) is 8.99. The van der Waals surface area contributed by atoms with Gasteiger partial charge in [-0.1, -0.05) is 35.9 Å². The molecule has 0 saturated carbocycles. The van der Waals surface area contributed by atoms with Crippen molar-refractivity contribution in [2.75, 3.05) is 0 Å². The molecule has 1 atom stereocenters. The molecule has 0 bridgehead atoms. The van der Waals surface area contributed by atoms with Crippen molar-refractivity contribution in [1.82, 2.24) is 0 Å². The van der Waals surface area contributed by atoms with E-state index in [1.165, 1.54) is 12.5 Å². The number of aliphatic hydroxyl groups is 1. The molecule has 16 heavy (non-hydrogen) atoms. The maximum absolute atomic E-state index is 9.45. The van der Waals surface area contributed by atoms with Crippen LogP contribution in [-0.4, -0.2) is 22.3 Å². The average Bonchev–Trinajstić information content (AvgIpc) is 2.06. The zero-order valence-corrected chi connectivity index (χ0v) is 8.99. The van der Waals surface area contributed by atoms with Crippen LogP contribution < -0.4 is 0 Å². The molecule has 0 aromatic heterocycles. The molecule has 0 aliphatic rings. The molecule has 0 spiro atoms. The van der Waals surface area contributed by atoms with E-state index in [1.54, 1.807) is 0 Å². The molecule has 1 aromatic rings. The normalized spacial score (nSPS) is 8.94. The molecule has 0 radical (unpaired) electrons. The van der Waals surface area contributed by atoms with Gasteiger partial charge < -0.3 is 10.2 Å². The number of hydrogen-bond acceptors (Lipinski definition) is 2. The molecular formula is C10H17F3O3. The van der Waals surface area contributed by atoms with Crippen molar-refractivity contribution >= 4 is 5.97 Å². The predicted molar refractivity (Wildman–Crippen MR) is 58.0 cm³/mol. The van der Waals surface area contributed by atoms with Gasteiger partial charge in [-0.25, -0.2) is 4.79 Å². The minimum Gasteiger partial charge on any atom is -0.479 e. The van der Waals surface area contributed by atoms with Crippen molar-refractivity contribution < 1.29 is 29.1 Å². The first-order valence-electron chi connectivity index (χ1n) is 3.96. The van der Waals surface area contributed by atoms with E-state index in [0.29, 0.717) is 0 Å². The van der Waals surface area contributed by atoms with Crippen molar-refractivity contribution in [1.29, 1.82) is 0 Å². The van der Waals surface area contributed by atoms with Gasteiger partial charge in [-0.2, -0.15) is 0 Å². The third kappa shape index (κ3) is 14.9. The number of hydrogen-bond donors (Lipinski definition) is 2. The van der Waals surface area contributed by atoms with Crippen molar-refractivity contribution in [3.05, 3.63) is 35.9 Å². The van der Waals surface area contributed by atoms with Crippen molar-refractivity contribution in [2.24, 2.45) is 0 Å². The van der Waals surface area contributed by atoms with Gasteiger partial charge in [-0.15, -0.1) is 0 Å². The third-order valence-corrected chi connectivity index (χ3v) is 1.30. The summed E-state index contributed by atoms with van der Waals surface area (Å²) in [6, 6.07) is 10.3. The van der Waals surface area contributed by atoms with E-state index in [2.05, 4.69) is 19.1 Å². The van der Waals surface area contributed by atoms with Gasteiger partial charge >= 0.3 is 5.97 Å². The van der Waals surface area contributed by atoms with E-state index in [9.17, 15) is 4.79 Å². The van der Waals surface area contributed by atoms with Gasteiger partial charge in [0.05, 0.1) is 0 Å². The van der Waals surface area contributed by atoms with Gasteiger partial charge in [-0.05, 0) is 13.8 Å². The number of aryl methyl sites for hydroxylation is 1. The summed E-state index contributed by atoms with van der Waals surface area (Å²) in [7, 11) is 0. The van der Waals surface area contributed by atoms with E-state index in [0.717, 1.165) is 0 Å². The lowest BCUT2D eigenvalue weighted by atomic mass is 10.2. The number of aliphatic carboxylic acids is 1. The van der Waals surface area contributed by atoms with Gasteiger partial charge in [0.15, 0.2) is 0 Å². The van der Waals surface area contributed by atoms with E-state index in [-0.39, 0.29) is 14.1 Å². The summed E-state index contributed by atoms with van der Waals surface area (Å²) in [5, 5.41) is 15.8. The Labute approximate surface area is 91.8 Å². The molecule has 1 rings (SSSR count). The van der Waals surface area contributed by atoms with Crippen LogP contribution in [0.25, 0.3) is 0 Å². The van der Waals surface area contributed by atoms with Crippen molar-refractivity contribution in [2.45, 2.75) is 20.0 Å². The first-order valence-corrected chi connectivity index (χ1v) is 3.96. The second kappa shape index (κ2) is 13.4. The average molecular weight is 242 g/mol. The van der Waals surface area contributed by atoms with Crippen LogP contribution in [0, 0.1) is 6.92 Å². The Hall–Kier alpha value is -1.56. The van der Waals surface area contributed by atoms with E-state index in [4.69, 9.17) is 10.2 Å². The van der Waals surface area contributed by atoms with Gasteiger partial charge in [0.25, 0.3) is 0 Å². The summed E-state index contributed by atoms with van der Waals surface area (Å²) in [5.74, 6) is -1.19. The lowest BCUT2D eigenvalue weighted by Gasteiger charge is -1.89. The molecule has 0 aliphatic heterocycles. The Bertz CT molecular complexity index is 253. The number of carboxylic acids is 1. The third-order valence-electron chi connectivity index (χ3n) is 1.30. The maximum atomic E-state index is 9.45. The smallest absolute Gasteiger partial charge is 0.332 e. The standard InChI is InChI=1S/C7H8.C3H6O3.3FH/c1-7-5-3-2-4-6-7;1-2(4)3(5)6;;;/h2-6H,1H3;2,4H,1H3,(H,5,6);3*1H. The highest BCUT2D eigenvalue weighted by atomic mass is 19.0. The Morgan fingerprint density at radius 2 is 1.44 bits per heavy atom. The topological polar surface area (TPSA) is 57.5 Å². The van der Waals surface area contributed by atoms with E-state index < -0.39 is 12.1 Å². The molecule has 0 heterocycles. The highest BCUT2D eigenvalue weighted by Gasteiger charge is 2.01. The lowest BCUT2D eigenvalue weighted by molar-refractivity contribution is -0.145. The summed E-state index contributed by atoms with van der Waals surface area (Å²) in [4.78, 5) is 9.45. The number of carboxylic acid groups (broad SMARTS) is 1. The molecule has 1 aromatic carbocycles. The Morgan fingerprint density at radius 3 is 1.56 bits per heavy atom. The fourth-order valence-corrected chi connectivity index (χ4v) is 0.534. The van der Waals surface area contributed by atoms with E-state index >= 15 is 0 Å². The second-order valence-electron chi connectivity index (χ2n) is 2.67. The molecule has 0 saturated heterocycles. The first-order chi connectivity index (χ1) is 6.04. The van der Waals surface area contributed by atoms with Crippen LogP contribution in [0.3, 0.4) is 0 Å². The minimum absolute atomic E-state index is 0. The van der Waals surface area contributed by atoms with Gasteiger partial charge in [-0.3, -0.25) is 14.1 Å². The predicted octanol–water partition coefficient (Wildman–Crippen LogP) is 1.90. The van der Waals surface area contributed by atoms with Crippen LogP contribution in [0.15, 0.2) is 30.3 Å². The first kappa shape index (κ1) is 23.9. The summed E-state index contributed by atoms with van der Waals surface area (Å²) in [5.41, 5.74) is 1.32.